The highest BCUT2D eigenvalue weighted by atomic mass is 16.7. The van der Waals surface area contributed by atoms with Crippen LogP contribution in [0.1, 0.15) is 56.2 Å². The number of nitrogens with one attached hydrogen (secondary N) is 1. The van der Waals surface area contributed by atoms with Gasteiger partial charge in [0.1, 0.15) is 0 Å². The molecule has 0 saturated carbocycles. The fourth-order valence-electron chi connectivity index (χ4n) is 4.48. The number of rotatable bonds is 7. The number of ether oxygens (including phenoxy) is 2. The first-order valence-corrected chi connectivity index (χ1v) is 11.7. The number of amides is 1. The Morgan fingerprint density at radius 3 is 2.19 bits per heavy atom. The minimum absolute atomic E-state index is 0.0734. The number of para-hydroxylation sites is 1. The summed E-state index contributed by atoms with van der Waals surface area (Å²) in [6, 6.07) is 12.5. The molecule has 1 amide bonds. The Morgan fingerprint density at radius 2 is 1.53 bits per heavy atom. The molecule has 0 aliphatic carbocycles. The molecule has 4 rings (SSSR count). The zero-order valence-electron chi connectivity index (χ0n) is 19.7. The minimum atomic E-state index is 0.0734. The van der Waals surface area contributed by atoms with Crippen LogP contribution in [-0.4, -0.2) is 55.2 Å². The standard InChI is InChI=1S/C26H35N3O3/c1-18(2)21-6-5-7-22(19(3)4)26(21)27-25(30)16-29-12-10-28(11-13-29)15-20-8-9-23-24(14-20)32-17-31-23/h5-9,14,18-19H,10-13,15-17H2,1-4H3,(H,27,30). The molecule has 1 fully saturated rings. The van der Waals surface area contributed by atoms with Gasteiger partial charge in [0, 0.05) is 38.4 Å². The topological polar surface area (TPSA) is 54.0 Å². The Balaban J connectivity index is 1.31. The Bertz CT molecular complexity index is 923. The van der Waals surface area contributed by atoms with E-state index in [0.717, 1.165) is 49.9 Å². The van der Waals surface area contributed by atoms with E-state index in [1.807, 2.05) is 6.07 Å². The molecule has 2 heterocycles. The summed E-state index contributed by atoms with van der Waals surface area (Å²) >= 11 is 0. The van der Waals surface area contributed by atoms with Crippen molar-refractivity contribution >= 4 is 11.6 Å². The molecule has 2 aliphatic rings. The fraction of sp³-hybridized carbons (Fsp3) is 0.500. The molecular formula is C26H35N3O3. The summed E-state index contributed by atoms with van der Waals surface area (Å²) in [5.74, 6) is 2.46. The molecular weight excluding hydrogens is 402 g/mol. The van der Waals surface area contributed by atoms with Crippen LogP contribution in [0.4, 0.5) is 5.69 Å². The van der Waals surface area contributed by atoms with Crippen LogP contribution >= 0.6 is 0 Å². The third kappa shape index (κ3) is 5.25. The lowest BCUT2D eigenvalue weighted by Crippen LogP contribution is -2.48. The number of piperazine rings is 1. The summed E-state index contributed by atoms with van der Waals surface area (Å²) in [6.45, 7) is 14.0. The zero-order chi connectivity index (χ0) is 22.7. The molecule has 1 saturated heterocycles. The molecule has 2 aromatic rings. The summed E-state index contributed by atoms with van der Waals surface area (Å²) < 4.78 is 10.9. The summed E-state index contributed by atoms with van der Waals surface area (Å²) in [5.41, 5.74) is 4.65. The largest absolute Gasteiger partial charge is 0.454 e. The van der Waals surface area contributed by atoms with Gasteiger partial charge < -0.3 is 14.8 Å². The van der Waals surface area contributed by atoms with Crippen LogP contribution in [0.3, 0.4) is 0 Å². The van der Waals surface area contributed by atoms with E-state index >= 15 is 0 Å². The van der Waals surface area contributed by atoms with Gasteiger partial charge in [-0.1, -0.05) is 52.0 Å². The molecule has 0 spiro atoms. The van der Waals surface area contributed by atoms with Crippen molar-refractivity contribution in [2.75, 3.05) is 44.8 Å². The molecule has 2 aromatic carbocycles. The van der Waals surface area contributed by atoms with E-state index in [0.29, 0.717) is 25.2 Å². The first-order valence-electron chi connectivity index (χ1n) is 11.7. The summed E-state index contributed by atoms with van der Waals surface area (Å²) in [4.78, 5) is 17.6. The number of hydrogen-bond donors (Lipinski definition) is 1. The van der Waals surface area contributed by atoms with E-state index in [-0.39, 0.29) is 5.91 Å². The van der Waals surface area contributed by atoms with E-state index in [1.165, 1.54) is 16.7 Å². The summed E-state index contributed by atoms with van der Waals surface area (Å²) in [7, 11) is 0. The van der Waals surface area contributed by atoms with Crippen LogP contribution in [0.15, 0.2) is 36.4 Å². The van der Waals surface area contributed by atoms with Gasteiger partial charge in [0.15, 0.2) is 11.5 Å². The van der Waals surface area contributed by atoms with Gasteiger partial charge in [0.05, 0.1) is 6.54 Å². The van der Waals surface area contributed by atoms with Gasteiger partial charge in [-0.2, -0.15) is 0 Å². The average molecular weight is 438 g/mol. The van der Waals surface area contributed by atoms with E-state index in [4.69, 9.17) is 9.47 Å². The first kappa shape index (κ1) is 22.6. The van der Waals surface area contributed by atoms with E-state index in [1.54, 1.807) is 0 Å². The summed E-state index contributed by atoms with van der Waals surface area (Å²) in [5, 5.41) is 3.24. The number of hydrogen-bond acceptors (Lipinski definition) is 5. The third-order valence-corrected chi connectivity index (χ3v) is 6.31. The SMILES string of the molecule is CC(C)c1cccc(C(C)C)c1NC(=O)CN1CCN(Cc2ccc3c(c2)OCO3)CC1. The molecule has 6 nitrogen and oxygen atoms in total. The van der Waals surface area contributed by atoms with Crippen molar-refractivity contribution in [3.63, 3.8) is 0 Å². The molecule has 0 bridgehead atoms. The van der Waals surface area contributed by atoms with Gasteiger partial charge in [-0.25, -0.2) is 0 Å². The van der Waals surface area contributed by atoms with Crippen LogP contribution in [0, 0.1) is 0 Å². The molecule has 0 radical (unpaired) electrons. The van der Waals surface area contributed by atoms with Crippen molar-refractivity contribution < 1.29 is 14.3 Å². The number of fused-ring (bicyclic) bond motifs is 1. The van der Waals surface area contributed by atoms with Crippen molar-refractivity contribution in [2.24, 2.45) is 0 Å². The molecule has 2 aliphatic heterocycles. The highest BCUT2D eigenvalue weighted by Crippen LogP contribution is 2.33. The van der Waals surface area contributed by atoms with Gasteiger partial charge >= 0.3 is 0 Å². The molecule has 0 atom stereocenters. The lowest BCUT2D eigenvalue weighted by molar-refractivity contribution is -0.117. The minimum Gasteiger partial charge on any atom is -0.454 e. The second-order valence-corrected chi connectivity index (χ2v) is 9.41. The Hall–Kier alpha value is -2.57. The maximum Gasteiger partial charge on any atom is 0.238 e. The third-order valence-electron chi connectivity index (χ3n) is 6.31. The number of benzene rings is 2. The number of nitrogens with zero attached hydrogens (tertiary/aromatic N) is 2. The molecule has 32 heavy (non-hydrogen) atoms. The Labute approximate surface area is 191 Å². The predicted octanol–water partition coefficient (Wildman–Crippen LogP) is 4.42. The molecule has 172 valence electrons. The highest BCUT2D eigenvalue weighted by Gasteiger charge is 2.22. The van der Waals surface area contributed by atoms with Crippen molar-refractivity contribution in [1.82, 2.24) is 9.80 Å². The maximum absolute atomic E-state index is 12.9. The van der Waals surface area contributed by atoms with Crippen LogP contribution in [-0.2, 0) is 11.3 Å². The molecule has 0 unspecified atom stereocenters. The monoisotopic (exact) mass is 437 g/mol. The average Bonchev–Trinajstić information content (AvgIpc) is 3.23. The van der Waals surface area contributed by atoms with Gasteiger partial charge in [-0.05, 0) is 40.7 Å². The number of carbonyl (C=O) groups is 1. The van der Waals surface area contributed by atoms with E-state index < -0.39 is 0 Å². The summed E-state index contributed by atoms with van der Waals surface area (Å²) in [6.07, 6.45) is 0. The van der Waals surface area contributed by atoms with Crippen molar-refractivity contribution in [1.29, 1.82) is 0 Å². The van der Waals surface area contributed by atoms with Crippen molar-refractivity contribution in [3.05, 3.63) is 53.1 Å². The van der Waals surface area contributed by atoms with Gasteiger partial charge in [-0.3, -0.25) is 14.6 Å². The van der Waals surface area contributed by atoms with Crippen LogP contribution in [0.25, 0.3) is 0 Å². The van der Waals surface area contributed by atoms with Crippen LogP contribution in [0.5, 0.6) is 11.5 Å². The van der Waals surface area contributed by atoms with Crippen molar-refractivity contribution in [2.45, 2.75) is 46.1 Å². The Morgan fingerprint density at radius 1 is 0.906 bits per heavy atom. The smallest absolute Gasteiger partial charge is 0.238 e. The van der Waals surface area contributed by atoms with E-state index in [9.17, 15) is 4.79 Å². The van der Waals surface area contributed by atoms with Crippen molar-refractivity contribution in [3.8, 4) is 11.5 Å². The molecule has 1 N–H and O–H groups in total. The Kier molecular flexibility index (Phi) is 7.01. The number of carbonyl (C=O) groups excluding carboxylic acids is 1. The zero-order valence-corrected chi connectivity index (χ0v) is 19.7. The van der Waals surface area contributed by atoms with Gasteiger partial charge in [0.25, 0.3) is 0 Å². The van der Waals surface area contributed by atoms with Crippen LogP contribution < -0.4 is 14.8 Å². The quantitative estimate of drug-likeness (QED) is 0.695. The van der Waals surface area contributed by atoms with Gasteiger partial charge in [0.2, 0.25) is 12.7 Å². The number of anilines is 1. The maximum atomic E-state index is 12.9. The highest BCUT2D eigenvalue weighted by molar-refractivity contribution is 5.94. The van der Waals surface area contributed by atoms with Gasteiger partial charge in [-0.15, -0.1) is 0 Å². The molecule has 6 heteroatoms. The molecule has 0 aromatic heterocycles. The first-order chi connectivity index (χ1) is 15.4. The lowest BCUT2D eigenvalue weighted by Gasteiger charge is -2.34. The van der Waals surface area contributed by atoms with Crippen LogP contribution in [0.2, 0.25) is 0 Å². The lowest BCUT2D eigenvalue weighted by atomic mass is 9.92. The predicted molar refractivity (Wildman–Crippen MR) is 128 cm³/mol. The fourth-order valence-corrected chi connectivity index (χ4v) is 4.48. The normalized spacial score (nSPS) is 16.7. The second kappa shape index (κ2) is 9.92. The van der Waals surface area contributed by atoms with E-state index in [2.05, 4.69) is 73.1 Å². The second-order valence-electron chi connectivity index (χ2n) is 9.41.